The van der Waals surface area contributed by atoms with Gasteiger partial charge in [-0.3, -0.25) is 14.4 Å². The van der Waals surface area contributed by atoms with E-state index in [4.69, 9.17) is 41.2 Å². The molecule has 0 atom stereocenters. The molecule has 3 saturated heterocycles. The molecule has 774 valence electrons. The molecule has 20 rings (SSSR count). The smallest absolute Gasteiger partial charge is 0.459 e. The molecular formula is C125H135B3Br4O12P4Pd. The van der Waals surface area contributed by atoms with Crippen molar-refractivity contribution in [2.45, 2.75) is 171 Å². The van der Waals surface area contributed by atoms with E-state index in [1.807, 2.05) is 114 Å². The molecular weight excluding hydrogens is 2280 g/mol. The van der Waals surface area contributed by atoms with Gasteiger partial charge in [0, 0.05) is 52.6 Å². The summed E-state index contributed by atoms with van der Waals surface area (Å²) in [5.74, 6) is 3.25. The molecule has 149 heavy (non-hydrogen) atoms. The average Bonchev–Trinajstić information content (AvgIpc) is 1.60. The topological polar surface area (TPSA) is 146 Å². The molecule has 17 aromatic rings. The molecule has 0 amide bonds. The molecule has 0 aliphatic carbocycles. The van der Waals surface area contributed by atoms with Crippen molar-refractivity contribution in [3.05, 3.63) is 495 Å². The van der Waals surface area contributed by atoms with Crippen LogP contribution in [0.1, 0.15) is 171 Å². The molecule has 14 aromatic carbocycles. The second-order valence-corrected chi connectivity index (χ2v) is 49.2. The van der Waals surface area contributed by atoms with Gasteiger partial charge in [-0.25, -0.2) is 0 Å². The van der Waals surface area contributed by atoms with Crippen LogP contribution in [0.15, 0.2) is 457 Å². The summed E-state index contributed by atoms with van der Waals surface area (Å²) in [6.07, 6.45) is 2.87. The minimum Gasteiger partial charge on any atom is -0.459 e. The first-order valence-electron chi connectivity index (χ1n) is 47.9. The molecule has 3 aliphatic heterocycles. The second kappa shape index (κ2) is 60.6. The first-order chi connectivity index (χ1) is 69.7. The number of benzene rings is 14. The van der Waals surface area contributed by atoms with Crippen molar-refractivity contribution in [3.63, 3.8) is 0 Å². The van der Waals surface area contributed by atoms with Crippen LogP contribution in [0, 0.1) is 20.8 Å². The van der Waals surface area contributed by atoms with Crippen molar-refractivity contribution >= 4 is 205 Å². The molecule has 0 unspecified atom stereocenters. The van der Waals surface area contributed by atoms with Crippen molar-refractivity contribution in [3.8, 4) is 0 Å². The minimum atomic E-state index is -0.476. The molecule has 0 radical (unpaired) electrons. The SMILES string of the molecule is BrCc1cccc(Br)c1.C.C.C.CC1(C)OB(B2OC(C)(C)C(C)(C)O2)OC1(C)C.Cc1oc(C=O)cc1B1OC(C)(C)C(C)(C)O1.Cc1oc(C=O)cc1Br.Cc1oc(C=O)cc1Cc1cccc(Br)c1.[Pd].c1ccc(P(c2ccccc2)c2ccccc2)cc1.c1ccc(P(c2ccccc2)c2ccccc2)cc1.c1ccc(P(c2ccccc2)c2ccccc2)cc1.c1ccc(P(c2ccccc2)c2ccccc2)cc1. The Morgan fingerprint density at radius 2 is 0.463 bits per heavy atom. The Labute approximate surface area is 938 Å². The van der Waals surface area contributed by atoms with Gasteiger partial charge in [-0.1, -0.05) is 458 Å². The van der Waals surface area contributed by atoms with Gasteiger partial charge in [0.2, 0.25) is 0 Å². The maximum Gasteiger partial charge on any atom is 0.498 e. The summed E-state index contributed by atoms with van der Waals surface area (Å²) in [5.41, 5.74) is 2.11. The summed E-state index contributed by atoms with van der Waals surface area (Å²) in [6.45, 7) is 29.6. The fourth-order valence-corrected chi connectivity index (χ4v) is 26.1. The van der Waals surface area contributed by atoms with Gasteiger partial charge in [0.1, 0.15) is 17.3 Å². The maximum atomic E-state index is 10.7. The molecule has 12 nitrogen and oxygen atoms in total. The van der Waals surface area contributed by atoms with E-state index in [0.717, 1.165) is 54.0 Å². The molecule has 3 aromatic heterocycles. The van der Waals surface area contributed by atoms with Crippen LogP contribution in [0.3, 0.4) is 0 Å². The molecule has 3 fully saturated rings. The van der Waals surface area contributed by atoms with E-state index < -0.39 is 52.8 Å². The molecule has 6 heterocycles. The summed E-state index contributed by atoms with van der Waals surface area (Å²) < 4.78 is 54.2. The van der Waals surface area contributed by atoms with Crippen molar-refractivity contribution in [2.75, 3.05) is 0 Å². The van der Waals surface area contributed by atoms with E-state index in [0.29, 0.717) is 35.6 Å². The normalized spacial score (nSPS) is 14.0. The Bertz CT molecular complexity index is 5830. The summed E-state index contributed by atoms with van der Waals surface area (Å²) >= 11 is 13.4. The predicted octanol–water partition coefficient (Wildman–Crippen LogP) is 28.9. The van der Waals surface area contributed by atoms with Gasteiger partial charge in [0.05, 0.1) is 38.1 Å². The van der Waals surface area contributed by atoms with Gasteiger partial charge in [-0.05, 0) is 268 Å². The fourth-order valence-electron chi connectivity index (χ4n) is 15.3. The number of hydrogen-bond acceptors (Lipinski definition) is 12. The second-order valence-electron chi connectivity index (χ2n) is 37.1. The van der Waals surface area contributed by atoms with E-state index >= 15 is 0 Å². The average molecular weight is 2410 g/mol. The summed E-state index contributed by atoms with van der Waals surface area (Å²) in [6, 6.07) is 151. The summed E-state index contributed by atoms with van der Waals surface area (Å²) in [5, 5.41) is 17.7. The maximum absolute atomic E-state index is 10.7. The molecule has 24 heteroatoms. The third-order valence-corrected chi connectivity index (χ3v) is 37.2. The van der Waals surface area contributed by atoms with Crippen LogP contribution in [0.25, 0.3) is 0 Å². The third-order valence-electron chi connectivity index (χ3n) is 25.0. The third kappa shape index (κ3) is 35.9. The molecule has 0 N–H and O–H groups in total. The standard InChI is InChI=1S/4C18H15P.C13H11BrO2.C12H24B2O4.C12H17BO4.C7H6Br2.C6H5BrO2.3CH4.Pd/c4*1-4-10-16(11-5-1)19(17-12-6-2-7-13-17)18-14-8-3-9-15-18;1-9-11(7-13(8-15)16-9)5-10-3-2-4-12(14)6-10;1-9(2)10(3,4)16-13(15-9)14-17-11(5,6)12(7,8)18-14;1-8-10(6-9(7-14)15-8)13-16-11(2,3)12(4,5)17-13;8-5-6-2-1-3-7(9)4-6;1-4-6(7)2-5(3-8)9-4;;;;/h4*1-15H;2-4,6-8H,5H2,1H3;1-8H3;6-7H,1-5H3;1-4H,5H2;2-3H,1H3;3*1H4;. The van der Waals surface area contributed by atoms with Crippen LogP contribution in [0.5, 0.6) is 0 Å². The molecule has 0 spiro atoms. The van der Waals surface area contributed by atoms with E-state index in [-0.39, 0.29) is 76.3 Å². The van der Waals surface area contributed by atoms with Gasteiger partial charge in [0.15, 0.2) is 36.1 Å². The van der Waals surface area contributed by atoms with Gasteiger partial charge >= 0.3 is 21.1 Å². The number of alkyl halides is 1. The Morgan fingerprint density at radius 3 is 0.658 bits per heavy atom. The van der Waals surface area contributed by atoms with Crippen LogP contribution in [0.4, 0.5) is 0 Å². The predicted molar refractivity (Wildman–Crippen MR) is 647 cm³/mol. The van der Waals surface area contributed by atoms with Crippen LogP contribution in [-0.4, -0.2) is 73.6 Å². The quantitative estimate of drug-likeness (QED) is 0.0310. The van der Waals surface area contributed by atoms with Crippen molar-refractivity contribution in [2.24, 2.45) is 0 Å². The van der Waals surface area contributed by atoms with Crippen LogP contribution >= 0.6 is 95.4 Å². The number of aryl methyl sites for hydroxylation is 3. The number of aldehydes is 3. The number of hydrogen-bond donors (Lipinski definition) is 0. The van der Waals surface area contributed by atoms with Crippen LogP contribution in [0.2, 0.25) is 0 Å². The zero-order valence-electron chi connectivity index (χ0n) is 84.9. The fraction of sp³-hybridized carbons (Fsp3) is 0.208. The summed E-state index contributed by atoms with van der Waals surface area (Å²) in [7, 11) is -3.21. The number of rotatable bonds is 20. The van der Waals surface area contributed by atoms with Crippen molar-refractivity contribution < 1.29 is 76.0 Å². The monoisotopic (exact) mass is 2410 g/mol. The van der Waals surface area contributed by atoms with Gasteiger partial charge in [-0.2, -0.15) is 0 Å². The van der Waals surface area contributed by atoms with E-state index in [1.54, 1.807) is 32.0 Å². The molecule has 3 aliphatic rings. The van der Waals surface area contributed by atoms with Crippen molar-refractivity contribution in [1.29, 1.82) is 0 Å². The number of halogens is 4. The zero-order valence-corrected chi connectivity index (χ0v) is 96.4. The number of carbonyl (C=O) groups excluding carboxylic acids is 3. The van der Waals surface area contributed by atoms with Crippen molar-refractivity contribution in [1.82, 2.24) is 0 Å². The Morgan fingerprint density at radius 1 is 0.255 bits per heavy atom. The van der Waals surface area contributed by atoms with Crippen LogP contribution in [-0.2, 0) is 60.1 Å². The first kappa shape index (κ1) is 124. The molecule has 0 saturated carbocycles. The largest absolute Gasteiger partial charge is 0.498 e. The number of furan rings is 3. The van der Waals surface area contributed by atoms with Crippen LogP contribution < -0.4 is 69.1 Å². The Hall–Kier alpha value is -9.81. The summed E-state index contributed by atoms with van der Waals surface area (Å²) in [4.78, 5) is 31.3. The number of carbonyl (C=O) groups is 3. The van der Waals surface area contributed by atoms with Gasteiger partial charge in [0.25, 0.3) is 0 Å². The minimum absolute atomic E-state index is 0. The van der Waals surface area contributed by atoms with Gasteiger partial charge < -0.3 is 41.2 Å². The Balaban J connectivity index is 0.000000205. The Kier molecular flexibility index (Phi) is 50.6. The van der Waals surface area contributed by atoms with E-state index in [2.05, 4.69) is 452 Å². The zero-order chi connectivity index (χ0) is 104. The van der Waals surface area contributed by atoms with E-state index in [1.165, 1.54) is 74.8 Å². The molecule has 0 bridgehead atoms. The first-order valence-corrected chi connectivity index (χ1v) is 56.8. The van der Waals surface area contributed by atoms with Gasteiger partial charge in [-0.15, -0.1) is 0 Å². The van der Waals surface area contributed by atoms with E-state index in [9.17, 15) is 14.4 Å².